The molecule has 0 aromatic heterocycles. The zero-order valence-corrected chi connectivity index (χ0v) is 27.5. The van der Waals surface area contributed by atoms with Crippen molar-refractivity contribution in [2.45, 2.75) is 62.5 Å². The van der Waals surface area contributed by atoms with Crippen molar-refractivity contribution in [3.05, 3.63) is 90.0 Å². The van der Waals surface area contributed by atoms with E-state index in [-0.39, 0.29) is 29.6 Å². The van der Waals surface area contributed by atoms with E-state index in [1.54, 1.807) is 11.8 Å². The molecular weight excluding hydrogens is 582 g/mol. The van der Waals surface area contributed by atoms with Crippen molar-refractivity contribution in [1.82, 2.24) is 15.1 Å². The Morgan fingerprint density at radius 3 is 2.13 bits per heavy atom. The molecule has 3 aliphatic rings. The Hall–Kier alpha value is -3.49. The number of nitrogens with zero attached hydrogens (tertiary/aromatic N) is 2. The maximum atomic E-state index is 13.2. The molecule has 0 radical (unpaired) electrons. The summed E-state index contributed by atoms with van der Waals surface area (Å²) < 4.78 is 11.5. The fourth-order valence-electron chi connectivity index (χ4n) is 6.84. The third-order valence-corrected chi connectivity index (χ3v) is 10.4. The predicted molar refractivity (Wildman–Crippen MR) is 180 cm³/mol. The maximum absolute atomic E-state index is 13.2. The van der Waals surface area contributed by atoms with Crippen LogP contribution in [0.4, 0.5) is 9.59 Å². The van der Waals surface area contributed by atoms with Crippen LogP contribution in [0.25, 0.3) is 11.1 Å². The molecule has 0 saturated carbocycles. The maximum Gasteiger partial charge on any atom is 0.410 e. The van der Waals surface area contributed by atoms with E-state index < -0.39 is 5.60 Å². The Morgan fingerprint density at radius 1 is 0.911 bits per heavy atom. The number of hydrogen-bond acceptors (Lipinski definition) is 6. The first-order valence-corrected chi connectivity index (χ1v) is 17.2. The van der Waals surface area contributed by atoms with Gasteiger partial charge in [0, 0.05) is 47.7 Å². The van der Waals surface area contributed by atoms with Gasteiger partial charge in [0.1, 0.15) is 12.2 Å². The van der Waals surface area contributed by atoms with Crippen molar-refractivity contribution in [2.75, 3.05) is 45.1 Å². The topological polar surface area (TPSA) is 71.1 Å². The van der Waals surface area contributed by atoms with E-state index in [1.165, 1.54) is 27.1 Å². The Morgan fingerprint density at radius 2 is 1.51 bits per heavy atom. The Balaban J connectivity index is 1.01. The summed E-state index contributed by atoms with van der Waals surface area (Å²) in [5, 5.41) is 3.21. The number of carbonyl (C=O) groups excluding carboxylic acids is 2. The minimum Gasteiger partial charge on any atom is -0.449 e. The van der Waals surface area contributed by atoms with Gasteiger partial charge in [-0.25, -0.2) is 9.59 Å². The molecule has 45 heavy (non-hydrogen) atoms. The number of fused-ring (bicyclic) bond motifs is 3. The number of carbonyl (C=O) groups is 2. The number of thioether (sulfide) groups is 1. The number of benzene rings is 3. The molecule has 1 aliphatic carbocycles. The molecule has 1 atom stereocenters. The molecule has 2 fully saturated rings. The molecule has 1 spiro atoms. The highest BCUT2D eigenvalue weighted by Gasteiger charge is 2.47. The minimum absolute atomic E-state index is 0.0203. The predicted octanol–water partition coefficient (Wildman–Crippen LogP) is 7.41. The molecule has 6 rings (SSSR count). The van der Waals surface area contributed by atoms with Gasteiger partial charge < -0.3 is 24.6 Å². The van der Waals surface area contributed by atoms with E-state index in [2.05, 4.69) is 70.9 Å². The largest absolute Gasteiger partial charge is 0.449 e. The average molecular weight is 628 g/mol. The summed E-state index contributed by atoms with van der Waals surface area (Å²) in [6, 6.07) is 27.1. The van der Waals surface area contributed by atoms with Gasteiger partial charge in [0.2, 0.25) is 0 Å². The van der Waals surface area contributed by atoms with Crippen LogP contribution in [-0.4, -0.2) is 78.7 Å². The molecule has 3 aromatic carbocycles. The second-order valence-corrected chi connectivity index (χ2v) is 14.9. The van der Waals surface area contributed by atoms with Crippen molar-refractivity contribution >= 4 is 23.9 Å². The van der Waals surface area contributed by atoms with Gasteiger partial charge in [-0.3, -0.25) is 0 Å². The van der Waals surface area contributed by atoms with Crippen LogP contribution in [0.2, 0.25) is 0 Å². The lowest BCUT2D eigenvalue weighted by molar-refractivity contribution is -0.0594. The van der Waals surface area contributed by atoms with E-state index >= 15 is 0 Å². The zero-order chi connectivity index (χ0) is 31.4. The van der Waals surface area contributed by atoms with Crippen molar-refractivity contribution in [1.29, 1.82) is 0 Å². The smallest absolute Gasteiger partial charge is 0.410 e. The monoisotopic (exact) mass is 627 g/mol. The number of hydrogen-bond donors (Lipinski definition) is 1. The van der Waals surface area contributed by atoms with E-state index in [9.17, 15) is 9.59 Å². The summed E-state index contributed by atoms with van der Waals surface area (Å²) in [7, 11) is 0. The van der Waals surface area contributed by atoms with Crippen LogP contribution in [-0.2, 0) is 9.47 Å². The molecular formula is C37H45N3O4S. The van der Waals surface area contributed by atoms with Crippen LogP contribution < -0.4 is 5.32 Å². The first-order valence-electron chi connectivity index (χ1n) is 16.2. The molecule has 0 unspecified atom stereocenters. The third kappa shape index (κ3) is 7.67. The van der Waals surface area contributed by atoms with Gasteiger partial charge in [-0.15, -0.1) is 11.8 Å². The van der Waals surface area contributed by atoms with Crippen molar-refractivity contribution < 1.29 is 19.1 Å². The molecule has 7 nitrogen and oxygen atoms in total. The summed E-state index contributed by atoms with van der Waals surface area (Å²) in [6.45, 7) is 10.5. The normalized spacial score (nSPS) is 18.1. The van der Waals surface area contributed by atoms with Crippen LogP contribution in [0.15, 0.2) is 83.8 Å². The zero-order valence-electron chi connectivity index (χ0n) is 26.7. The van der Waals surface area contributed by atoms with Crippen LogP contribution in [0.1, 0.15) is 57.1 Å². The Kier molecular flexibility index (Phi) is 9.43. The van der Waals surface area contributed by atoms with Crippen LogP contribution in [0, 0.1) is 5.41 Å². The number of ether oxygens (including phenoxy) is 2. The summed E-state index contributed by atoms with van der Waals surface area (Å²) in [4.78, 5) is 31.2. The van der Waals surface area contributed by atoms with E-state index in [4.69, 9.17) is 9.47 Å². The van der Waals surface area contributed by atoms with E-state index in [0.29, 0.717) is 6.61 Å². The highest BCUT2D eigenvalue weighted by molar-refractivity contribution is 7.99. The molecule has 2 saturated heterocycles. The second kappa shape index (κ2) is 13.5. The number of likely N-dealkylation sites (tertiary alicyclic amines) is 2. The first-order chi connectivity index (χ1) is 21.7. The lowest BCUT2D eigenvalue weighted by atomic mass is 9.72. The molecule has 8 heteroatoms. The Labute approximate surface area is 271 Å². The molecule has 2 aliphatic heterocycles. The number of nitrogens with one attached hydrogen (secondary N) is 1. The highest BCUT2D eigenvalue weighted by Crippen LogP contribution is 2.44. The highest BCUT2D eigenvalue weighted by atomic mass is 32.2. The molecule has 2 heterocycles. The van der Waals surface area contributed by atoms with Crippen molar-refractivity contribution in [3.63, 3.8) is 0 Å². The number of piperidine rings is 1. The summed E-state index contributed by atoms with van der Waals surface area (Å²) in [6.07, 6.45) is 2.45. The van der Waals surface area contributed by atoms with Crippen LogP contribution in [0.5, 0.6) is 0 Å². The standard InChI is InChI=1S/C37H45N3O4S/c1-36(2,3)44-35(42)40-25-37(26-40)18-21-39(22-19-37)20-17-27(24-45-28-11-5-4-6-12-28)38-34(41)43-23-33-31-15-9-7-13-29(31)30-14-8-10-16-32(30)33/h4-16,27,33H,17-26H2,1-3H3,(H,38,41)/t27-/m1/s1. The molecule has 2 amide bonds. The van der Waals surface area contributed by atoms with E-state index in [1.807, 2.05) is 43.9 Å². The summed E-state index contributed by atoms with van der Waals surface area (Å²) in [5.74, 6) is 0.815. The molecule has 238 valence electrons. The fourth-order valence-corrected chi connectivity index (χ4v) is 7.84. The van der Waals surface area contributed by atoms with Gasteiger partial charge in [0.25, 0.3) is 0 Å². The second-order valence-electron chi connectivity index (χ2n) is 13.8. The quantitative estimate of drug-likeness (QED) is 0.249. The third-order valence-electron chi connectivity index (χ3n) is 9.27. The molecule has 3 aromatic rings. The number of amides is 2. The molecule has 1 N–H and O–H groups in total. The lowest BCUT2D eigenvalue weighted by Gasteiger charge is -2.53. The van der Waals surface area contributed by atoms with Gasteiger partial charge in [-0.1, -0.05) is 66.7 Å². The van der Waals surface area contributed by atoms with Gasteiger partial charge in [0.15, 0.2) is 0 Å². The minimum atomic E-state index is -0.466. The summed E-state index contributed by atoms with van der Waals surface area (Å²) in [5.41, 5.74) is 4.63. The van der Waals surface area contributed by atoms with Gasteiger partial charge in [-0.2, -0.15) is 0 Å². The average Bonchev–Trinajstić information content (AvgIpc) is 3.33. The fraction of sp³-hybridized carbons (Fsp3) is 0.459. The van der Waals surface area contributed by atoms with Gasteiger partial charge in [-0.05, 0) is 87.5 Å². The van der Waals surface area contributed by atoms with Crippen molar-refractivity contribution in [2.24, 2.45) is 5.41 Å². The van der Waals surface area contributed by atoms with Crippen LogP contribution in [0.3, 0.4) is 0 Å². The van der Waals surface area contributed by atoms with Gasteiger partial charge >= 0.3 is 12.2 Å². The number of alkyl carbamates (subject to hydrolysis) is 1. The SMILES string of the molecule is CC(C)(C)OC(=O)N1CC2(CCN(CC[C@H](CSc3ccccc3)NC(=O)OCC3c4ccccc4-c4ccccc43)CC2)C1. The number of rotatable bonds is 9. The van der Waals surface area contributed by atoms with Crippen LogP contribution >= 0.6 is 11.8 Å². The lowest BCUT2D eigenvalue weighted by Crippen LogP contribution is -2.62. The first kappa shape index (κ1) is 31.5. The van der Waals surface area contributed by atoms with E-state index in [0.717, 1.165) is 57.7 Å². The summed E-state index contributed by atoms with van der Waals surface area (Å²) >= 11 is 1.76. The van der Waals surface area contributed by atoms with Crippen molar-refractivity contribution in [3.8, 4) is 11.1 Å². The Bertz CT molecular complexity index is 1430. The molecule has 0 bridgehead atoms. The van der Waals surface area contributed by atoms with Gasteiger partial charge in [0.05, 0.1) is 0 Å².